The van der Waals surface area contributed by atoms with Crippen molar-refractivity contribution in [2.24, 2.45) is 0 Å². The minimum atomic E-state index is -0.469. The highest BCUT2D eigenvalue weighted by Gasteiger charge is 2.18. The van der Waals surface area contributed by atoms with Crippen molar-refractivity contribution in [2.75, 3.05) is 12.4 Å². The van der Waals surface area contributed by atoms with E-state index in [1.165, 1.54) is 13.2 Å². The number of anilines is 1. The maximum atomic E-state index is 12.8. The predicted octanol–water partition coefficient (Wildman–Crippen LogP) is 4.01. The van der Waals surface area contributed by atoms with E-state index in [0.29, 0.717) is 28.5 Å². The monoisotopic (exact) mass is 376 g/mol. The van der Waals surface area contributed by atoms with Crippen LogP contribution in [0, 0.1) is 6.92 Å². The lowest BCUT2D eigenvalue weighted by Gasteiger charge is -2.12. The van der Waals surface area contributed by atoms with Gasteiger partial charge in [-0.2, -0.15) is 0 Å². The lowest BCUT2D eigenvalue weighted by atomic mass is 10.1. The van der Waals surface area contributed by atoms with Crippen LogP contribution in [0.15, 0.2) is 76.8 Å². The van der Waals surface area contributed by atoms with Crippen molar-refractivity contribution in [1.29, 1.82) is 0 Å². The first kappa shape index (κ1) is 19.0. The van der Waals surface area contributed by atoms with Crippen molar-refractivity contribution < 1.29 is 18.7 Å². The molecule has 142 valence electrons. The van der Waals surface area contributed by atoms with Crippen LogP contribution in [0.25, 0.3) is 6.08 Å². The summed E-state index contributed by atoms with van der Waals surface area (Å²) in [7, 11) is 1.48. The van der Waals surface area contributed by atoms with Gasteiger partial charge in [0.2, 0.25) is 0 Å². The van der Waals surface area contributed by atoms with E-state index in [1.807, 2.05) is 18.2 Å². The van der Waals surface area contributed by atoms with Crippen LogP contribution in [-0.4, -0.2) is 18.9 Å². The molecule has 1 heterocycles. The van der Waals surface area contributed by atoms with Gasteiger partial charge in [0.05, 0.1) is 12.7 Å². The molecule has 3 aromatic rings. The van der Waals surface area contributed by atoms with Crippen LogP contribution in [0.2, 0.25) is 0 Å². The Balaban J connectivity index is 1.88. The van der Waals surface area contributed by atoms with Crippen molar-refractivity contribution in [3.63, 3.8) is 0 Å². The summed E-state index contributed by atoms with van der Waals surface area (Å²) in [5, 5.41) is 5.42. The molecule has 0 bridgehead atoms. The van der Waals surface area contributed by atoms with E-state index in [0.717, 1.165) is 0 Å². The van der Waals surface area contributed by atoms with E-state index in [2.05, 4.69) is 10.6 Å². The molecule has 28 heavy (non-hydrogen) atoms. The fourth-order valence-corrected chi connectivity index (χ4v) is 2.57. The van der Waals surface area contributed by atoms with Gasteiger partial charge >= 0.3 is 0 Å². The quantitative estimate of drug-likeness (QED) is 0.637. The minimum absolute atomic E-state index is 0.0501. The number of benzene rings is 2. The first-order valence-corrected chi connectivity index (χ1v) is 8.65. The highest BCUT2D eigenvalue weighted by molar-refractivity contribution is 6.11. The number of furan rings is 1. The molecule has 0 saturated carbocycles. The maximum absolute atomic E-state index is 12.8. The van der Waals surface area contributed by atoms with Crippen LogP contribution < -0.4 is 15.4 Å². The van der Waals surface area contributed by atoms with Crippen LogP contribution in [0.3, 0.4) is 0 Å². The fourth-order valence-electron chi connectivity index (χ4n) is 2.57. The average molecular weight is 376 g/mol. The number of hydrogen-bond acceptors (Lipinski definition) is 4. The Kier molecular flexibility index (Phi) is 5.91. The summed E-state index contributed by atoms with van der Waals surface area (Å²) in [4.78, 5) is 25.5. The Morgan fingerprint density at radius 1 is 0.964 bits per heavy atom. The van der Waals surface area contributed by atoms with Gasteiger partial charge in [-0.25, -0.2) is 0 Å². The molecule has 2 aromatic carbocycles. The topological polar surface area (TPSA) is 80.6 Å². The van der Waals surface area contributed by atoms with Crippen molar-refractivity contribution in [2.45, 2.75) is 6.92 Å². The van der Waals surface area contributed by atoms with Crippen LogP contribution >= 0.6 is 0 Å². The minimum Gasteiger partial charge on any atom is -0.496 e. The van der Waals surface area contributed by atoms with Crippen molar-refractivity contribution in [3.8, 4) is 5.75 Å². The third-order valence-electron chi connectivity index (χ3n) is 3.92. The predicted molar refractivity (Wildman–Crippen MR) is 107 cm³/mol. The summed E-state index contributed by atoms with van der Waals surface area (Å²) in [5.74, 6) is 0.636. The summed E-state index contributed by atoms with van der Waals surface area (Å²) in [6.45, 7) is 1.80. The highest BCUT2D eigenvalue weighted by Crippen LogP contribution is 2.18. The van der Waals surface area contributed by atoms with Crippen LogP contribution in [0.5, 0.6) is 5.75 Å². The van der Waals surface area contributed by atoms with Gasteiger partial charge in [0.15, 0.2) is 0 Å². The van der Waals surface area contributed by atoms with Crippen LogP contribution in [0.1, 0.15) is 21.9 Å². The van der Waals surface area contributed by atoms with Crippen LogP contribution in [0.4, 0.5) is 5.69 Å². The summed E-state index contributed by atoms with van der Waals surface area (Å²) in [6, 6.07) is 19.3. The van der Waals surface area contributed by atoms with Gasteiger partial charge in [-0.1, -0.05) is 30.3 Å². The van der Waals surface area contributed by atoms with E-state index in [4.69, 9.17) is 9.15 Å². The second-order valence-electron chi connectivity index (χ2n) is 5.98. The standard InChI is InChI=1S/C22H20N2O4/c1-15-12-13-17(28-15)14-19(22(26)23-16-8-4-3-5-9-16)24-21(25)18-10-6-7-11-20(18)27-2/h3-14H,1-2H3,(H,23,26)(H,24,25)/b19-14+. The molecular formula is C22H20N2O4. The van der Waals surface area contributed by atoms with Gasteiger partial charge in [-0.3, -0.25) is 9.59 Å². The molecule has 2 amide bonds. The number of ether oxygens (including phenoxy) is 1. The Bertz CT molecular complexity index is 1010. The Labute approximate surface area is 162 Å². The van der Waals surface area contributed by atoms with E-state index in [-0.39, 0.29) is 5.70 Å². The number of carbonyl (C=O) groups is 2. The Morgan fingerprint density at radius 2 is 1.68 bits per heavy atom. The molecule has 0 radical (unpaired) electrons. The number of amides is 2. The Hall–Kier alpha value is -3.80. The number of rotatable bonds is 6. The third-order valence-corrected chi connectivity index (χ3v) is 3.92. The lowest BCUT2D eigenvalue weighted by molar-refractivity contribution is -0.113. The third kappa shape index (κ3) is 4.67. The molecule has 6 nitrogen and oxygen atoms in total. The smallest absolute Gasteiger partial charge is 0.272 e. The molecule has 0 aliphatic rings. The number of nitrogens with one attached hydrogen (secondary N) is 2. The molecule has 2 N–H and O–H groups in total. The van der Waals surface area contributed by atoms with Gasteiger partial charge in [-0.05, 0) is 43.3 Å². The normalized spacial score (nSPS) is 11.0. The molecule has 0 atom stereocenters. The summed E-state index contributed by atoms with van der Waals surface area (Å²) in [6.07, 6.45) is 1.48. The van der Waals surface area contributed by atoms with E-state index in [9.17, 15) is 9.59 Å². The molecule has 6 heteroatoms. The molecule has 0 saturated heterocycles. The number of aryl methyl sites for hydroxylation is 1. The van der Waals surface area contributed by atoms with Gasteiger partial charge in [0.25, 0.3) is 11.8 Å². The van der Waals surface area contributed by atoms with E-state index >= 15 is 0 Å². The first-order valence-electron chi connectivity index (χ1n) is 8.65. The van der Waals surface area contributed by atoms with E-state index < -0.39 is 11.8 Å². The van der Waals surface area contributed by atoms with E-state index in [1.54, 1.807) is 55.5 Å². The first-order chi connectivity index (χ1) is 13.6. The molecular weight excluding hydrogens is 356 g/mol. The second-order valence-corrected chi connectivity index (χ2v) is 5.98. The van der Waals surface area contributed by atoms with Crippen molar-refractivity contribution in [1.82, 2.24) is 5.32 Å². The molecule has 0 aliphatic carbocycles. The number of para-hydroxylation sites is 2. The van der Waals surface area contributed by atoms with Crippen molar-refractivity contribution >= 4 is 23.6 Å². The number of hydrogen-bond donors (Lipinski definition) is 2. The molecule has 0 unspecified atom stereocenters. The second kappa shape index (κ2) is 8.73. The highest BCUT2D eigenvalue weighted by atomic mass is 16.5. The zero-order valence-corrected chi connectivity index (χ0v) is 15.6. The molecule has 1 aromatic heterocycles. The van der Waals surface area contributed by atoms with Gasteiger partial charge < -0.3 is 19.8 Å². The van der Waals surface area contributed by atoms with Gasteiger partial charge in [0.1, 0.15) is 23.0 Å². The molecule has 3 rings (SSSR count). The molecule has 0 aliphatic heterocycles. The average Bonchev–Trinajstić information content (AvgIpc) is 3.12. The number of methoxy groups -OCH3 is 1. The zero-order valence-electron chi connectivity index (χ0n) is 15.6. The maximum Gasteiger partial charge on any atom is 0.272 e. The Morgan fingerprint density at radius 3 is 2.36 bits per heavy atom. The summed E-state index contributed by atoms with van der Waals surface area (Å²) < 4.78 is 10.7. The molecule has 0 spiro atoms. The SMILES string of the molecule is COc1ccccc1C(=O)N/C(=C/c1ccc(C)o1)C(=O)Nc1ccccc1. The van der Waals surface area contributed by atoms with Crippen molar-refractivity contribution in [3.05, 3.63) is 89.5 Å². The van der Waals surface area contributed by atoms with Gasteiger partial charge in [-0.15, -0.1) is 0 Å². The molecule has 0 fully saturated rings. The van der Waals surface area contributed by atoms with Crippen LogP contribution in [-0.2, 0) is 4.79 Å². The number of carbonyl (C=O) groups excluding carboxylic acids is 2. The summed E-state index contributed by atoms with van der Waals surface area (Å²) in [5.41, 5.74) is 0.980. The largest absolute Gasteiger partial charge is 0.496 e. The summed E-state index contributed by atoms with van der Waals surface area (Å²) >= 11 is 0. The lowest BCUT2D eigenvalue weighted by Crippen LogP contribution is -2.31. The fraction of sp³-hybridized carbons (Fsp3) is 0.0909. The zero-order chi connectivity index (χ0) is 19.9. The van der Waals surface area contributed by atoms with Gasteiger partial charge in [0, 0.05) is 11.8 Å².